The molecule has 0 heterocycles. The third-order valence-corrected chi connectivity index (χ3v) is 22.7. The quantitative estimate of drug-likeness (QED) is 0.0189. The molecule has 4 unspecified atom stereocenters. The van der Waals surface area contributed by atoms with Crippen molar-refractivity contribution in [2.24, 2.45) is 35.0 Å². The Balaban J connectivity index is 0.000000674. The van der Waals surface area contributed by atoms with Gasteiger partial charge in [-0.05, 0) is 289 Å². The second kappa shape index (κ2) is 60.5. The summed E-state index contributed by atoms with van der Waals surface area (Å²) in [6, 6.07) is 52.7. The van der Waals surface area contributed by atoms with E-state index in [4.69, 9.17) is 5.11 Å². The van der Waals surface area contributed by atoms with Crippen LogP contribution in [0.4, 0.5) is 0 Å². The van der Waals surface area contributed by atoms with Crippen LogP contribution in [0.1, 0.15) is 372 Å². The fraction of sp³-hybridized carbons (Fsp3) is 0.657. The Hall–Kier alpha value is -4.96. The molecule has 6 aromatic rings. The summed E-state index contributed by atoms with van der Waals surface area (Å²) in [5.74, 6) is 2.04. The van der Waals surface area contributed by atoms with Crippen LogP contribution in [-0.2, 0) is 70.6 Å². The van der Waals surface area contributed by atoms with Crippen LogP contribution in [0.5, 0.6) is 0 Å². The van der Waals surface area contributed by atoms with Gasteiger partial charge in [0, 0.05) is 6.61 Å². The number of rotatable bonds is 47. The minimum Gasteiger partial charge on any atom is -0.396 e. The van der Waals surface area contributed by atoms with E-state index in [2.05, 4.69) is 265 Å². The summed E-state index contributed by atoms with van der Waals surface area (Å²) in [6.45, 7) is 45.1. The zero-order valence-electron chi connectivity index (χ0n) is 76.1. The van der Waals surface area contributed by atoms with Crippen molar-refractivity contribution in [1.29, 1.82) is 0 Å². The Morgan fingerprint density at radius 3 is 0.946 bits per heavy atom. The van der Waals surface area contributed by atoms with Crippen molar-refractivity contribution >= 4 is 0 Å². The summed E-state index contributed by atoms with van der Waals surface area (Å²) >= 11 is 0. The van der Waals surface area contributed by atoms with Crippen molar-refractivity contribution in [2.45, 2.75) is 405 Å². The molecule has 4 atom stereocenters. The zero-order valence-corrected chi connectivity index (χ0v) is 76.1. The van der Waals surface area contributed by atoms with Crippen molar-refractivity contribution < 1.29 is 35.7 Å². The van der Waals surface area contributed by atoms with E-state index in [0.717, 1.165) is 128 Å². The minimum atomic E-state index is -0.619. The maximum atomic E-state index is 11.0. The molecule has 112 heavy (non-hydrogen) atoms. The molecule has 636 valence electrons. The fourth-order valence-corrected chi connectivity index (χ4v) is 14.6. The highest BCUT2D eigenvalue weighted by Gasteiger charge is 2.35. The highest BCUT2D eigenvalue weighted by Crippen LogP contribution is 2.35. The Morgan fingerprint density at radius 1 is 0.312 bits per heavy atom. The number of hydrogen-bond donors (Lipinski definition) is 7. The van der Waals surface area contributed by atoms with Crippen LogP contribution in [-0.4, -0.2) is 71.4 Å². The van der Waals surface area contributed by atoms with E-state index in [9.17, 15) is 30.6 Å². The first-order chi connectivity index (χ1) is 53.1. The molecule has 0 fully saturated rings. The minimum absolute atomic E-state index is 0.0766. The Kier molecular flexibility index (Phi) is 56.8. The van der Waals surface area contributed by atoms with E-state index in [1.54, 1.807) is 0 Å². The third-order valence-electron chi connectivity index (χ3n) is 22.7. The van der Waals surface area contributed by atoms with Crippen molar-refractivity contribution in [2.75, 3.05) is 6.61 Å². The fourth-order valence-electron chi connectivity index (χ4n) is 14.6. The molecule has 0 aliphatic carbocycles. The van der Waals surface area contributed by atoms with Gasteiger partial charge in [0.1, 0.15) is 0 Å². The summed E-state index contributed by atoms with van der Waals surface area (Å²) in [5, 5.41) is 70.0. The molecule has 7 nitrogen and oxygen atoms in total. The highest BCUT2D eigenvalue weighted by atomic mass is 16.3. The van der Waals surface area contributed by atoms with Crippen molar-refractivity contribution in [3.05, 3.63) is 212 Å². The molecule has 0 spiro atoms. The standard InChI is InChI=1S/C21H36O.C19H32O.C18H30O.C16H26O2.C16H26O.C15H24O/c1-6-7-9-19-10-8-11-20(14-19)12-13-21(22,15-17(2)3)16-18(4)5;1-6-7-9-17-10-8-11-18(14-17)12-13-19(20,15(2)3)16(4)5;1-6-7-9-15-10-8-11-16(14-15)12-13-18(5,19)17(2,3)4;1-2-8-16(18)15-11-7-10-14(13-15)9-5-3-4-6-12-17;1-4-5-7-14-8-6-9-15(12-14)10-11-16(17)13(2)3;1-3-4-8-14-10-6-11-15(12-14)9-5-7-13(2)16/h8,10-11,14,17-18,22H,6-7,9,12-13,15-16H2,1-5H3;8,10-11,14-16,20H,6-7,9,12-13H2,1-5H3;8,10-11,14,19H,6-7,9,12-13H2,1-5H3;7,10-11,13,16-18H,2-6,8-9,12H2,1H3;6,8-9,12-13,16-17H,4-5,7,10-11H2,1-3H3;6,10-13,16H,3-5,7-9H2,1-2H3. The lowest BCUT2D eigenvalue weighted by molar-refractivity contribution is -0.0534. The van der Waals surface area contributed by atoms with E-state index >= 15 is 0 Å². The maximum Gasteiger partial charge on any atom is 0.0790 e. The Labute approximate surface area is 690 Å². The van der Waals surface area contributed by atoms with Gasteiger partial charge < -0.3 is 35.7 Å². The summed E-state index contributed by atoms with van der Waals surface area (Å²) < 4.78 is 0. The van der Waals surface area contributed by atoms with Crippen LogP contribution in [0.15, 0.2) is 146 Å². The molecule has 7 heteroatoms. The number of aryl methyl sites for hydroxylation is 11. The molecule has 7 N–H and O–H groups in total. The van der Waals surface area contributed by atoms with Gasteiger partial charge in [0.15, 0.2) is 0 Å². The zero-order chi connectivity index (χ0) is 84.0. The molecule has 6 aromatic carbocycles. The summed E-state index contributed by atoms with van der Waals surface area (Å²) in [6.07, 6.45) is 37.2. The number of hydrogen-bond acceptors (Lipinski definition) is 7. The molecular weight excluding hydrogens is 1370 g/mol. The predicted octanol–water partition coefficient (Wildman–Crippen LogP) is 26.9. The van der Waals surface area contributed by atoms with Crippen LogP contribution in [0.3, 0.4) is 0 Å². The van der Waals surface area contributed by atoms with Crippen LogP contribution in [0, 0.1) is 35.0 Å². The first-order valence-corrected chi connectivity index (χ1v) is 45.4. The number of unbranched alkanes of at least 4 members (excludes halogenated alkanes) is 8. The predicted molar refractivity (Wildman–Crippen MR) is 488 cm³/mol. The van der Waals surface area contributed by atoms with Crippen LogP contribution >= 0.6 is 0 Å². The van der Waals surface area contributed by atoms with Gasteiger partial charge in [-0.2, -0.15) is 0 Å². The summed E-state index contributed by atoms with van der Waals surface area (Å²) in [5.41, 5.74) is 14.6. The molecule has 0 aliphatic heterocycles. The van der Waals surface area contributed by atoms with Gasteiger partial charge in [-0.15, -0.1) is 0 Å². The lowest BCUT2D eigenvalue weighted by Crippen LogP contribution is -2.41. The SMILES string of the molecule is CCCC(O)c1cccc(CCCCCCO)c1.CCCCc1cccc(CCC(C)(O)C(C)(C)C)c1.CCCCc1cccc(CCC(O)(C(C)C)C(C)C)c1.CCCCc1cccc(CCC(O)(CC(C)C)CC(C)C)c1.CCCCc1cccc(CCC(O)C(C)C)c1.CCCCc1cccc(CCCC(C)O)c1. The molecule has 0 aromatic heterocycles. The van der Waals surface area contributed by atoms with Crippen molar-refractivity contribution in [1.82, 2.24) is 0 Å². The van der Waals surface area contributed by atoms with E-state index < -0.39 is 16.8 Å². The van der Waals surface area contributed by atoms with Gasteiger partial charge in [-0.1, -0.05) is 329 Å². The highest BCUT2D eigenvalue weighted by molar-refractivity contribution is 5.29. The van der Waals surface area contributed by atoms with E-state index in [1.807, 2.05) is 26.0 Å². The number of aliphatic hydroxyl groups is 7. The summed E-state index contributed by atoms with van der Waals surface area (Å²) in [7, 11) is 0. The van der Waals surface area contributed by atoms with Gasteiger partial charge in [-0.3, -0.25) is 0 Å². The molecule has 0 radical (unpaired) electrons. The average molecular weight is 1550 g/mol. The van der Waals surface area contributed by atoms with Gasteiger partial charge in [0.05, 0.1) is 35.1 Å². The van der Waals surface area contributed by atoms with Crippen LogP contribution in [0.25, 0.3) is 0 Å². The Bertz CT molecular complexity index is 3220. The number of aliphatic hydroxyl groups excluding tert-OH is 4. The smallest absolute Gasteiger partial charge is 0.0790 e. The van der Waals surface area contributed by atoms with Gasteiger partial charge in [-0.25, -0.2) is 0 Å². The van der Waals surface area contributed by atoms with Crippen LogP contribution in [0.2, 0.25) is 0 Å². The second-order valence-electron chi connectivity index (χ2n) is 36.4. The first kappa shape index (κ1) is 105. The Morgan fingerprint density at radius 2 is 0.625 bits per heavy atom. The van der Waals surface area contributed by atoms with Crippen molar-refractivity contribution in [3.63, 3.8) is 0 Å². The van der Waals surface area contributed by atoms with E-state index in [0.29, 0.717) is 36.2 Å². The van der Waals surface area contributed by atoms with Crippen LogP contribution < -0.4 is 0 Å². The third kappa shape index (κ3) is 48.5. The van der Waals surface area contributed by atoms with E-state index in [-0.39, 0.29) is 23.7 Å². The largest absolute Gasteiger partial charge is 0.396 e. The molecule has 0 aliphatic rings. The lowest BCUT2D eigenvalue weighted by atomic mass is 9.74. The molecule has 0 amide bonds. The van der Waals surface area contributed by atoms with Crippen molar-refractivity contribution in [3.8, 4) is 0 Å². The maximum absolute atomic E-state index is 11.0. The normalized spacial score (nSPS) is 13.0. The van der Waals surface area contributed by atoms with Gasteiger partial charge >= 0.3 is 0 Å². The molecule has 0 bridgehead atoms. The molecule has 0 saturated carbocycles. The topological polar surface area (TPSA) is 142 Å². The summed E-state index contributed by atoms with van der Waals surface area (Å²) in [4.78, 5) is 0. The average Bonchev–Trinajstić information content (AvgIpc) is 0.840. The lowest BCUT2D eigenvalue weighted by Gasteiger charge is -2.37. The molecular formula is C105H174O7. The first-order valence-electron chi connectivity index (χ1n) is 45.4. The van der Waals surface area contributed by atoms with E-state index in [1.165, 1.54) is 164 Å². The monoisotopic (exact) mass is 1550 g/mol. The van der Waals surface area contributed by atoms with Gasteiger partial charge in [0.2, 0.25) is 0 Å². The molecule has 0 saturated heterocycles. The molecule has 6 rings (SSSR count). The number of benzene rings is 6. The second-order valence-corrected chi connectivity index (χ2v) is 36.4. The van der Waals surface area contributed by atoms with Gasteiger partial charge in [0.25, 0.3) is 0 Å².